The van der Waals surface area contributed by atoms with Gasteiger partial charge in [-0.25, -0.2) is 0 Å². The largest absolute Gasteiger partial charge is 0.389 e. The van der Waals surface area contributed by atoms with Crippen LogP contribution in [0.5, 0.6) is 0 Å². The van der Waals surface area contributed by atoms with Gasteiger partial charge >= 0.3 is 0 Å². The fraction of sp³-hybridized carbons (Fsp3) is 0.931. The molecule has 32 heavy (non-hydrogen) atoms. The van der Waals surface area contributed by atoms with E-state index in [4.69, 9.17) is 4.74 Å². The van der Waals surface area contributed by atoms with Gasteiger partial charge in [-0.05, 0) is 99.3 Å². The van der Waals surface area contributed by atoms with Gasteiger partial charge in [-0.2, -0.15) is 0 Å². The molecular formula is C29H45NO2. The van der Waals surface area contributed by atoms with Crippen molar-refractivity contribution in [1.82, 2.24) is 4.90 Å². The van der Waals surface area contributed by atoms with Crippen molar-refractivity contribution in [3.63, 3.8) is 0 Å². The first-order valence-corrected chi connectivity index (χ1v) is 13.9. The van der Waals surface area contributed by atoms with Gasteiger partial charge in [-0.15, -0.1) is 0 Å². The van der Waals surface area contributed by atoms with E-state index in [-0.39, 0.29) is 11.7 Å². The number of likely N-dealkylation sites (N-methyl/N-ethyl adjacent to an activating group) is 1. The number of ether oxygens (including phenoxy) is 1. The maximum absolute atomic E-state index is 10.3. The Hall–Kier alpha value is -0.380. The third kappa shape index (κ3) is 2.22. The molecule has 0 aromatic rings. The highest BCUT2D eigenvalue weighted by Gasteiger charge is 2.84. The molecule has 12 atom stereocenters. The van der Waals surface area contributed by atoms with Crippen LogP contribution in [0.25, 0.3) is 0 Å². The molecule has 0 amide bonds. The van der Waals surface area contributed by atoms with Crippen molar-refractivity contribution in [2.24, 2.45) is 45.8 Å². The third-order valence-electron chi connectivity index (χ3n) is 13.1. The molecule has 3 unspecified atom stereocenters. The van der Waals surface area contributed by atoms with E-state index in [0.717, 1.165) is 30.1 Å². The van der Waals surface area contributed by atoms with E-state index in [0.29, 0.717) is 34.3 Å². The molecule has 2 spiro atoms. The highest BCUT2D eigenvalue weighted by molar-refractivity contribution is 5.35. The van der Waals surface area contributed by atoms with Gasteiger partial charge in [0.2, 0.25) is 0 Å². The maximum Gasteiger partial charge on any atom is 0.0787 e. The number of piperidine rings is 1. The van der Waals surface area contributed by atoms with Crippen LogP contribution in [-0.2, 0) is 4.74 Å². The Morgan fingerprint density at radius 2 is 1.91 bits per heavy atom. The van der Waals surface area contributed by atoms with Gasteiger partial charge in [0.15, 0.2) is 0 Å². The molecule has 3 heteroatoms. The van der Waals surface area contributed by atoms with Gasteiger partial charge in [0.1, 0.15) is 0 Å². The minimum atomic E-state index is -0.193. The SMILES string of the molecule is C[C@H]1C[C@H]2OC3(CC[C@H]4[C@@H]5CCC6=C[C@@H](O)CC[C@]6(C)[C@H]5CC45CC53C)[C@H](C)[C@@H]2N(C)C1. The molecular weight excluding hydrogens is 394 g/mol. The first kappa shape index (κ1) is 20.9. The Morgan fingerprint density at radius 1 is 1.09 bits per heavy atom. The lowest BCUT2D eigenvalue weighted by Gasteiger charge is -2.50. The zero-order valence-corrected chi connectivity index (χ0v) is 21.1. The zero-order chi connectivity index (χ0) is 22.3. The average molecular weight is 440 g/mol. The molecule has 0 bridgehead atoms. The van der Waals surface area contributed by atoms with E-state index in [1.165, 1.54) is 57.9 Å². The predicted octanol–water partition coefficient (Wildman–Crippen LogP) is 5.42. The van der Waals surface area contributed by atoms with Crippen molar-refractivity contribution >= 4 is 0 Å². The summed E-state index contributed by atoms with van der Waals surface area (Å²) in [6.07, 6.45) is 14.1. The smallest absolute Gasteiger partial charge is 0.0787 e. The number of rotatable bonds is 0. The molecule has 6 fully saturated rings. The van der Waals surface area contributed by atoms with Crippen LogP contribution in [0.2, 0.25) is 0 Å². The number of nitrogens with zero attached hydrogens (tertiary/aromatic N) is 1. The van der Waals surface area contributed by atoms with Crippen molar-refractivity contribution in [1.29, 1.82) is 0 Å². The molecule has 4 saturated carbocycles. The second-order valence-electron chi connectivity index (χ2n) is 14.1. The van der Waals surface area contributed by atoms with Crippen molar-refractivity contribution in [2.45, 2.75) is 109 Å². The lowest BCUT2D eigenvalue weighted by molar-refractivity contribution is -0.148. The number of aliphatic hydroxyl groups is 1. The molecule has 2 aliphatic heterocycles. The third-order valence-corrected chi connectivity index (χ3v) is 13.1. The molecule has 5 aliphatic carbocycles. The van der Waals surface area contributed by atoms with E-state index in [1.54, 1.807) is 5.57 Å². The maximum atomic E-state index is 10.3. The minimum Gasteiger partial charge on any atom is -0.389 e. The fourth-order valence-corrected chi connectivity index (χ4v) is 11.7. The van der Waals surface area contributed by atoms with Gasteiger partial charge in [0.05, 0.1) is 17.8 Å². The molecule has 2 heterocycles. The van der Waals surface area contributed by atoms with Gasteiger partial charge in [-0.1, -0.05) is 39.3 Å². The summed E-state index contributed by atoms with van der Waals surface area (Å²) >= 11 is 0. The molecule has 2 saturated heterocycles. The number of allylic oxidation sites excluding steroid dienone is 1. The first-order chi connectivity index (χ1) is 15.2. The fourth-order valence-electron chi connectivity index (χ4n) is 11.7. The number of aliphatic hydroxyl groups excluding tert-OH is 1. The van der Waals surface area contributed by atoms with Gasteiger partial charge < -0.3 is 14.7 Å². The van der Waals surface area contributed by atoms with Crippen LogP contribution in [-0.4, -0.2) is 47.4 Å². The molecule has 7 aliphatic rings. The van der Waals surface area contributed by atoms with Gasteiger partial charge in [-0.3, -0.25) is 0 Å². The van der Waals surface area contributed by atoms with Crippen molar-refractivity contribution in [2.75, 3.05) is 13.6 Å². The second-order valence-corrected chi connectivity index (χ2v) is 14.1. The zero-order valence-electron chi connectivity index (χ0n) is 21.1. The number of hydrogen-bond acceptors (Lipinski definition) is 3. The van der Waals surface area contributed by atoms with E-state index in [2.05, 4.69) is 45.7 Å². The van der Waals surface area contributed by atoms with E-state index in [1.807, 2.05) is 0 Å². The van der Waals surface area contributed by atoms with Crippen LogP contribution in [0.15, 0.2) is 11.6 Å². The number of fused-ring (bicyclic) bond motifs is 6. The average Bonchev–Trinajstić information content (AvgIpc) is 3.06. The summed E-state index contributed by atoms with van der Waals surface area (Å²) in [5.41, 5.74) is 2.96. The first-order valence-electron chi connectivity index (χ1n) is 13.9. The van der Waals surface area contributed by atoms with Crippen molar-refractivity contribution in [3.8, 4) is 0 Å². The standard InChI is InChI=1S/C29H45NO2/c1-17-12-24-25(30(5)15-17)18(2)29(32-24)11-9-22-21-7-6-19-13-20(31)8-10-26(19,3)23(21)14-28(22)16-27(28,29)4/h13,17-18,20-25,31H,6-12,14-16H2,1-5H3/t17-,18+,20-,21-,22-,23-,24+,25-,26-,27?,28?,29?/m0/s1. The van der Waals surface area contributed by atoms with Crippen molar-refractivity contribution in [3.05, 3.63) is 11.6 Å². The highest BCUT2D eigenvalue weighted by Crippen LogP contribution is 2.87. The topological polar surface area (TPSA) is 32.7 Å². The van der Waals surface area contributed by atoms with Gasteiger partial charge in [0.25, 0.3) is 0 Å². The monoisotopic (exact) mass is 439 g/mol. The van der Waals surface area contributed by atoms with Crippen LogP contribution in [0.1, 0.15) is 85.5 Å². The van der Waals surface area contributed by atoms with E-state index in [9.17, 15) is 5.11 Å². The predicted molar refractivity (Wildman–Crippen MR) is 127 cm³/mol. The highest BCUT2D eigenvalue weighted by atomic mass is 16.5. The van der Waals surface area contributed by atoms with Gasteiger partial charge in [0, 0.05) is 23.9 Å². The van der Waals surface area contributed by atoms with Crippen LogP contribution < -0.4 is 0 Å². The Balaban J connectivity index is 1.24. The molecule has 178 valence electrons. The van der Waals surface area contributed by atoms with Crippen LogP contribution in [0.4, 0.5) is 0 Å². The second kappa shape index (κ2) is 6.24. The normalized spacial score (nSPS) is 63.1. The van der Waals surface area contributed by atoms with Crippen molar-refractivity contribution < 1.29 is 9.84 Å². The van der Waals surface area contributed by atoms with Crippen LogP contribution >= 0.6 is 0 Å². The molecule has 3 nitrogen and oxygen atoms in total. The summed E-state index contributed by atoms with van der Waals surface area (Å²) in [6, 6.07) is 0.618. The summed E-state index contributed by atoms with van der Waals surface area (Å²) in [4.78, 5) is 2.66. The summed E-state index contributed by atoms with van der Waals surface area (Å²) in [7, 11) is 2.36. The van der Waals surface area contributed by atoms with Crippen LogP contribution in [0.3, 0.4) is 0 Å². The molecule has 0 radical (unpaired) electrons. The van der Waals surface area contributed by atoms with E-state index < -0.39 is 0 Å². The Morgan fingerprint density at radius 3 is 2.72 bits per heavy atom. The van der Waals surface area contributed by atoms with Crippen LogP contribution in [0, 0.1) is 45.8 Å². The lowest BCUT2D eigenvalue weighted by Crippen LogP contribution is -2.53. The quantitative estimate of drug-likeness (QED) is 0.511. The lowest BCUT2D eigenvalue weighted by atomic mass is 9.56. The number of likely N-dealkylation sites (tertiary alicyclic amines) is 1. The van der Waals surface area contributed by atoms with E-state index >= 15 is 0 Å². The molecule has 1 N–H and O–H groups in total. The summed E-state index contributed by atoms with van der Waals surface area (Å²) in [5.74, 6) is 4.06. The molecule has 0 aromatic carbocycles. The Labute approximate surface area is 195 Å². The summed E-state index contributed by atoms with van der Waals surface area (Å²) < 4.78 is 7.32. The molecule has 0 aromatic heterocycles. The minimum absolute atomic E-state index is 0.104. The molecule has 7 rings (SSSR count). The Bertz CT molecular complexity index is 869. The Kier molecular flexibility index (Phi) is 4.08. The number of hydrogen-bond donors (Lipinski definition) is 1. The summed E-state index contributed by atoms with van der Waals surface area (Å²) in [5, 5.41) is 10.3. The summed E-state index contributed by atoms with van der Waals surface area (Å²) in [6.45, 7) is 11.4.